The van der Waals surface area contributed by atoms with Gasteiger partial charge in [0.2, 0.25) is 5.91 Å². The van der Waals surface area contributed by atoms with Gasteiger partial charge in [-0.3, -0.25) is 14.5 Å². The molecule has 2 amide bonds. The van der Waals surface area contributed by atoms with Gasteiger partial charge < -0.3 is 9.80 Å². The molecule has 1 spiro atoms. The molecule has 5 nitrogen and oxygen atoms in total. The van der Waals surface area contributed by atoms with Crippen LogP contribution in [0.25, 0.3) is 0 Å². The fourth-order valence-electron chi connectivity index (χ4n) is 6.32. The molecule has 2 saturated heterocycles. The van der Waals surface area contributed by atoms with Crippen LogP contribution in [0.4, 0.5) is 4.39 Å². The van der Waals surface area contributed by atoms with Crippen LogP contribution in [0.1, 0.15) is 66.1 Å². The highest BCUT2D eigenvalue weighted by Gasteiger charge is 2.57. The lowest BCUT2D eigenvalue weighted by Gasteiger charge is -2.57. The molecule has 5 rings (SSSR count). The van der Waals surface area contributed by atoms with E-state index in [1.54, 1.807) is 12.1 Å². The van der Waals surface area contributed by atoms with Gasteiger partial charge >= 0.3 is 0 Å². The lowest BCUT2D eigenvalue weighted by atomic mass is 9.66. The summed E-state index contributed by atoms with van der Waals surface area (Å²) < 4.78 is 13.9. The summed E-state index contributed by atoms with van der Waals surface area (Å²) in [5, 5.41) is 0. The van der Waals surface area contributed by atoms with Crippen LogP contribution in [0.2, 0.25) is 0 Å². The Balaban J connectivity index is 1.49. The van der Waals surface area contributed by atoms with Gasteiger partial charge in [-0.05, 0) is 74.9 Å². The predicted molar refractivity (Wildman–Crippen MR) is 130 cm³/mol. The first-order valence-electron chi connectivity index (χ1n) is 12.5. The average molecular weight is 464 g/mol. The van der Waals surface area contributed by atoms with E-state index < -0.39 is 5.54 Å². The number of hydrogen-bond donors (Lipinski definition) is 0. The number of likely N-dealkylation sites (tertiary alicyclic amines) is 2. The van der Waals surface area contributed by atoms with Crippen molar-refractivity contribution >= 4 is 11.8 Å². The number of piperidine rings is 1. The van der Waals surface area contributed by atoms with Crippen molar-refractivity contribution in [3.63, 3.8) is 0 Å². The molecule has 3 heterocycles. The van der Waals surface area contributed by atoms with E-state index in [9.17, 15) is 14.0 Å². The maximum atomic E-state index is 13.9. The predicted octanol–water partition coefficient (Wildman–Crippen LogP) is 4.35. The third-order valence-electron chi connectivity index (χ3n) is 7.90. The van der Waals surface area contributed by atoms with Crippen molar-refractivity contribution < 1.29 is 14.0 Å². The van der Waals surface area contributed by atoms with Crippen LogP contribution in [0.5, 0.6) is 0 Å². The molecule has 3 aliphatic heterocycles. The van der Waals surface area contributed by atoms with Crippen molar-refractivity contribution in [1.29, 1.82) is 0 Å². The van der Waals surface area contributed by atoms with E-state index in [1.165, 1.54) is 0 Å². The standard InChI is InChI=1S/C28H34FN3O2/c1-19(2)32-26(33)24-8-5-4-7-23(24)25(27(34)31-11-6-12-31)28(32)9-13-30(14-10-28)18-21-15-20(3)16-22(29)17-21/h4-5,7-8,15-17,19,25H,6,9-14,18H2,1-3H3. The molecule has 1 unspecified atom stereocenters. The van der Waals surface area contributed by atoms with Gasteiger partial charge in [-0.15, -0.1) is 0 Å². The molecular weight excluding hydrogens is 429 g/mol. The number of halogens is 1. The lowest BCUT2D eigenvalue weighted by molar-refractivity contribution is -0.142. The molecule has 6 heteroatoms. The Labute approximate surface area is 201 Å². The molecule has 0 saturated carbocycles. The highest BCUT2D eigenvalue weighted by atomic mass is 19.1. The summed E-state index contributed by atoms with van der Waals surface area (Å²) in [6.07, 6.45) is 2.49. The summed E-state index contributed by atoms with van der Waals surface area (Å²) in [5.41, 5.74) is 2.89. The highest BCUT2D eigenvalue weighted by molar-refractivity contribution is 6.02. The summed E-state index contributed by atoms with van der Waals surface area (Å²) in [6.45, 7) is 9.82. The van der Waals surface area contributed by atoms with Gasteiger partial charge in [0.25, 0.3) is 5.91 Å². The first-order chi connectivity index (χ1) is 16.3. The number of carbonyl (C=O) groups is 2. The minimum atomic E-state index is -0.541. The van der Waals surface area contributed by atoms with Crippen molar-refractivity contribution in [3.8, 4) is 0 Å². The summed E-state index contributed by atoms with van der Waals surface area (Å²) in [4.78, 5) is 33.9. The second-order valence-electron chi connectivity index (χ2n) is 10.5. The maximum absolute atomic E-state index is 13.9. The molecule has 1 atom stereocenters. The Bertz CT molecular complexity index is 1080. The second kappa shape index (κ2) is 8.81. The van der Waals surface area contributed by atoms with Crippen molar-refractivity contribution in [2.75, 3.05) is 26.2 Å². The third kappa shape index (κ3) is 3.82. The number of amides is 2. The largest absolute Gasteiger partial charge is 0.342 e. The Morgan fingerprint density at radius 2 is 1.79 bits per heavy atom. The third-order valence-corrected chi connectivity index (χ3v) is 7.90. The van der Waals surface area contributed by atoms with Crippen LogP contribution in [-0.2, 0) is 11.3 Å². The zero-order valence-electron chi connectivity index (χ0n) is 20.4. The maximum Gasteiger partial charge on any atom is 0.254 e. The Morgan fingerprint density at radius 1 is 1.09 bits per heavy atom. The van der Waals surface area contributed by atoms with Gasteiger partial charge in [0.15, 0.2) is 0 Å². The van der Waals surface area contributed by atoms with Crippen LogP contribution in [0.3, 0.4) is 0 Å². The number of fused-ring (bicyclic) bond motifs is 1. The minimum absolute atomic E-state index is 0.00929. The number of rotatable bonds is 4. The van der Waals surface area contributed by atoms with Gasteiger partial charge in [-0.1, -0.05) is 24.3 Å². The Morgan fingerprint density at radius 3 is 2.41 bits per heavy atom. The zero-order chi connectivity index (χ0) is 24.0. The monoisotopic (exact) mass is 463 g/mol. The van der Waals surface area contributed by atoms with Gasteiger partial charge in [0.05, 0.1) is 11.5 Å². The molecule has 0 aliphatic carbocycles. The molecule has 0 aromatic heterocycles. The first kappa shape index (κ1) is 23.0. The molecule has 180 valence electrons. The molecule has 2 fully saturated rings. The average Bonchev–Trinajstić information content (AvgIpc) is 2.73. The summed E-state index contributed by atoms with van der Waals surface area (Å²) in [7, 11) is 0. The Hall–Kier alpha value is -2.73. The number of benzene rings is 2. The van der Waals surface area contributed by atoms with Gasteiger partial charge in [0.1, 0.15) is 5.82 Å². The second-order valence-corrected chi connectivity index (χ2v) is 10.5. The van der Waals surface area contributed by atoms with Gasteiger partial charge in [-0.2, -0.15) is 0 Å². The van der Waals surface area contributed by atoms with Crippen LogP contribution >= 0.6 is 0 Å². The van der Waals surface area contributed by atoms with Gasteiger partial charge in [0, 0.05) is 44.3 Å². The normalized spacial score (nSPS) is 22.1. The topological polar surface area (TPSA) is 43.9 Å². The van der Waals surface area contributed by atoms with E-state index in [4.69, 9.17) is 0 Å². The van der Waals surface area contributed by atoms with Gasteiger partial charge in [-0.25, -0.2) is 4.39 Å². The van der Waals surface area contributed by atoms with E-state index in [0.29, 0.717) is 12.1 Å². The molecule has 0 radical (unpaired) electrons. The lowest BCUT2D eigenvalue weighted by Crippen LogP contribution is -2.67. The number of aryl methyl sites for hydroxylation is 1. The van der Waals surface area contributed by atoms with Crippen LogP contribution in [-0.4, -0.2) is 64.3 Å². The zero-order valence-corrected chi connectivity index (χ0v) is 20.4. The van der Waals surface area contributed by atoms with Crippen molar-refractivity contribution in [2.24, 2.45) is 0 Å². The molecule has 2 aromatic carbocycles. The summed E-state index contributed by atoms with van der Waals surface area (Å²) >= 11 is 0. The number of hydrogen-bond acceptors (Lipinski definition) is 3. The number of nitrogens with zero attached hydrogens (tertiary/aromatic N) is 3. The van der Waals surface area contributed by atoms with E-state index in [1.807, 2.05) is 47.1 Å². The molecule has 3 aliphatic rings. The van der Waals surface area contributed by atoms with E-state index in [0.717, 1.165) is 62.1 Å². The molecule has 2 aromatic rings. The smallest absolute Gasteiger partial charge is 0.254 e. The SMILES string of the molecule is Cc1cc(F)cc(CN2CCC3(CC2)C(C(=O)N2CCC2)c2ccccc2C(=O)N3C(C)C)c1. The van der Waals surface area contributed by atoms with E-state index >= 15 is 0 Å². The van der Waals surface area contributed by atoms with Crippen LogP contribution in [0.15, 0.2) is 42.5 Å². The van der Waals surface area contributed by atoms with Crippen LogP contribution in [0, 0.1) is 12.7 Å². The van der Waals surface area contributed by atoms with Crippen molar-refractivity contribution in [2.45, 2.75) is 64.1 Å². The number of carbonyl (C=O) groups excluding carboxylic acids is 2. The van der Waals surface area contributed by atoms with Crippen molar-refractivity contribution in [1.82, 2.24) is 14.7 Å². The molecule has 0 bridgehead atoms. The fraction of sp³-hybridized carbons (Fsp3) is 0.500. The minimum Gasteiger partial charge on any atom is -0.342 e. The molecular formula is C28H34FN3O2. The molecule has 0 N–H and O–H groups in total. The fourth-order valence-corrected chi connectivity index (χ4v) is 6.32. The van der Waals surface area contributed by atoms with E-state index in [-0.39, 0.29) is 29.6 Å². The van der Waals surface area contributed by atoms with Crippen molar-refractivity contribution in [3.05, 3.63) is 70.5 Å². The summed E-state index contributed by atoms with van der Waals surface area (Å²) in [6, 6.07) is 12.9. The first-order valence-corrected chi connectivity index (χ1v) is 12.5. The highest BCUT2D eigenvalue weighted by Crippen LogP contribution is 2.49. The Kier molecular flexibility index (Phi) is 5.96. The molecule has 34 heavy (non-hydrogen) atoms. The van der Waals surface area contributed by atoms with E-state index in [2.05, 4.69) is 18.7 Å². The summed E-state index contributed by atoms with van der Waals surface area (Å²) in [5.74, 6) is -0.356. The quantitative estimate of drug-likeness (QED) is 0.677. The van der Waals surface area contributed by atoms with Crippen LogP contribution < -0.4 is 0 Å².